The molecular weight excluding hydrogens is 252 g/mol. The van der Waals surface area contributed by atoms with Gasteiger partial charge in [-0.15, -0.1) is 0 Å². The predicted octanol–water partition coefficient (Wildman–Crippen LogP) is 3.59. The first kappa shape index (κ1) is 14.1. The van der Waals surface area contributed by atoms with E-state index in [-0.39, 0.29) is 12.6 Å². The van der Waals surface area contributed by atoms with E-state index in [1.165, 1.54) is 0 Å². The van der Waals surface area contributed by atoms with Crippen molar-refractivity contribution in [2.75, 3.05) is 0 Å². The molecule has 2 rings (SSSR count). The molecule has 1 atom stereocenters. The quantitative estimate of drug-likeness (QED) is 0.752. The SMILES string of the molecule is CCC(Oc1ccccc1)C(=O)OCc1ccccc1. The van der Waals surface area contributed by atoms with Crippen molar-refractivity contribution >= 4 is 5.97 Å². The molecule has 0 aliphatic heterocycles. The minimum absolute atomic E-state index is 0.272. The number of esters is 1. The van der Waals surface area contributed by atoms with Crippen molar-refractivity contribution in [3.8, 4) is 5.75 Å². The zero-order chi connectivity index (χ0) is 14.2. The summed E-state index contributed by atoms with van der Waals surface area (Å²) in [5.74, 6) is 0.344. The number of carbonyl (C=O) groups is 1. The third kappa shape index (κ3) is 4.12. The number of carbonyl (C=O) groups excluding carboxylic acids is 1. The van der Waals surface area contributed by atoms with Crippen molar-refractivity contribution in [2.24, 2.45) is 0 Å². The lowest BCUT2D eigenvalue weighted by atomic mass is 10.2. The molecule has 2 aromatic rings. The van der Waals surface area contributed by atoms with Crippen molar-refractivity contribution < 1.29 is 14.3 Å². The van der Waals surface area contributed by atoms with E-state index < -0.39 is 6.10 Å². The summed E-state index contributed by atoms with van der Waals surface area (Å²) in [6.45, 7) is 2.17. The third-order valence-corrected chi connectivity index (χ3v) is 2.88. The molecule has 0 aromatic heterocycles. The van der Waals surface area contributed by atoms with Gasteiger partial charge in [0.2, 0.25) is 0 Å². The maximum atomic E-state index is 12.0. The fourth-order valence-corrected chi connectivity index (χ4v) is 1.78. The van der Waals surface area contributed by atoms with Crippen LogP contribution in [0.5, 0.6) is 5.75 Å². The molecule has 1 unspecified atom stereocenters. The highest BCUT2D eigenvalue weighted by atomic mass is 16.6. The van der Waals surface area contributed by atoms with Gasteiger partial charge in [0.05, 0.1) is 0 Å². The van der Waals surface area contributed by atoms with Gasteiger partial charge < -0.3 is 9.47 Å². The molecule has 3 nitrogen and oxygen atoms in total. The Hall–Kier alpha value is -2.29. The van der Waals surface area contributed by atoms with E-state index in [4.69, 9.17) is 9.47 Å². The van der Waals surface area contributed by atoms with Gasteiger partial charge in [-0.1, -0.05) is 55.5 Å². The highest BCUT2D eigenvalue weighted by Gasteiger charge is 2.19. The van der Waals surface area contributed by atoms with Gasteiger partial charge in [-0.3, -0.25) is 0 Å². The zero-order valence-corrected chi connectivity index (χ0v) is 11.5. The second-order valence-corrected chi connectivity index (χ2v) is 4.42. The summed E-state index contributed by atoms with van der Waals surface area (Å²) in [7, 11) is 0. The molecule has 0 radical (unpaired) electrons. The highest BCUT2D eigenvalue weighted by molar-refractivity contribution is 5.75. The molecule has 0 aliphatic rings. The molecule has 0 aliphatic carbocycles. The van der Waals surface area contributed by atoms with Crippen LogP contribution in [-0.4, -0.2) is 12.1 Å². The monoisotopic (exact) mass is 270 g/mol. The summed E-state index contributed by atoms with van der Waals surface area (Å²) in [6, 6.07) is 18.9. The minimum Gasteiger partial charge on any atom is -0.479 e. The van der Waals surface area contributed by atoms with Crippen molar-refractivity contribution in [1.82, 2.24) is 0 Å². The molecule has 0 saturated heterocycles. The Morgan fingerprint density at radius 3 is 2.20 bits per heavy atom. The van der Waals surface area contributed by atoms with Crippen LogP contribution in [0.25, 0.3) is 0 Å². The van der Waals surface area contributed by atoms with Crippen LogP contribution < -0.4 is 4.74 Å². The van der Waals surface area contributed by atoms with Crippen molar-refractivity contribution in [3.05, 3.63) is 66.2 Å². The lowest BCUT2D eigenvalue weighted by Gasteiger charge is -2.16. The van der Waals surface area contributed by atoms with Gasteiger partial charge in [-0.2, -0.15) is 0 Å². The van der Waals surface area contributed by atoms with E-state index in [0.717, 1.165) is 5.56 Å². The highest BCUT2D eigenvalue weighted by Crippen LogP contribution is 2.14. The van der Waals surface area contributed by atoms with Crippen LogP contribution in [0.2, 0.25) is 0 Å². The van der Waals surface area contributed by atoms with Crippen LogP contribution in [0.15, 0.2) is 60.7 Å². The fraction of sp³-hybridized carbons (Fsp3) is 0.235. The van der Waals surface area contributed by atoms with Crippen LogP contribution >= 0.6 is 0 Å². The van der Waals surface area contributed by atoms with Crippen LogP contribution in [0.3, 0.4) is 0 Å². The molecule has 0 saturated carbocycles. The Kier molecular flexibility index (Phi) is 5.18. The summed E-state index contributed by atoms with van der Waals surface area (Å²) >= 11 is 0. The third-order valence-electron chi connectivity index (χ3n) is 2.88. The van der Waals surface area contributed by atoms with Crippen LogP contribution in [0, 0.1) is 0 Å². The van der Waals surface area contributed by atoms with Crippen molar-refractivity contribution in [2.45, 2.75) is 26.1 Å². The minimum atomic E-state index is -0.568. The molecular formula is C17H18O3. The number of hydrogen-bond donors (Lipinski definition) is 0. The first-order valence-electron chi connectivity index (χ1n) is 6.72. The maximum Gasteiger partial charge on any atom is 0.347 e. The van der Waals surface area contributed by atoms with Gasteiger partial charge in [0, 0.05) is 0 Å². The predicted molar refractivity (Wildman–Crippen MR) is 77.4 cm³/mol. The van der Waals surface area contributed by atoms with E-state index >= 15 is 0 Å². The van der Waals surface area contributed by atoms with Gasteiger partial charge in [-0.25, -0.2) is 4.79 Å². The van der Waals surface area contributed by atoms with Gasteiger partial charge >= 0.3 is 5.97 Å². The Labute approximate surface area is 119 Å². The molecule has 0 bridgehead atoms. The summed E-state index contributed by atoms with van der Waals surface area (Å²) in [5.41, 5.74) is 0.968. The summed E-state index contributed by atoms with van der Waals surface area (Å²) in [4.78, 5) is 12.0. The Bertz CT molecular complexity index is 522. The average molecular weight is 270 g/mol. The zero-order valence-electron chi connectivity index (χ0n) is 11.5. The van der Waals surface area contributed by atoms with Crippen LogP contribution in [0.1, 0.15) is 18.9 Å². The second-order valence-electron chi connectivity index (χ2n) is 4.42. The molecule has 2 aromatic carbocycles. The van der Waals surface area contributed by atoms with Gasteiger partial charge in [0.25, 0.3) is 0 Å². The van der Waals surface area contributed by atoms with E-state index in [9.17, 15) is 4.79 Å². The number of benzene rings is 2. The number of para-hydroxylation sites is 1. The standard InChI is InChI=1S/C17H18O3/c1-2-16(20-15-11-7-4-8-12-15)17(18)19-13-14-9-5-3-6-10-14/h3-12,16H,2,13H2,1H3. The summed E-state index contributed by atoms with van der Waals surface area (Å²) in [6.07, 6.45) is 0.00353. The number of ether oxygens (including phenoxy) is 2. The second kappa shape index (κ2) is 7.34. The summed E-state index contributed by atoms with van der Waals surface area (Å²) < 4.78 is 10.9. The molecule has 0 amide bonds. The average Bonchev–Trinajstić information content (AvgIpc) is 2.52. The number of rotatable bonds is 6. The lowest BCUT2D eigenvalue weighted by molar-refractivity contribution is -0.153. The van der Waals surface area contributed by atoms with Crippen molar-refractivity contribution in [3.63, 3.8) is 0 Å². The van der Waals surface area contributed by atoms with E-state index in [1.54, 1.807) is 0 Å². The topological polar surface area (TPSA) is 35.5 Å². The fourth-order valence-electron chi connectivity index (χ4n) is 1.78. The first-order chi connectivity index (χ1) is 9.79. The molecule has 104 valence electrons. The van der Waals surface area contributed by atoms with Gasteiger partial charge in [-0.05, 0) is 24.1 Å². The smallest absolute Gasteiger partial charge is 0.347 e. The molecule has 3 heteroatoms. The van der Waals surface area contributed by atoms with Crippen LogP contribution in [-0.2, 0) is 16.1 Å². The Morgan fingerprint density at radius 1 is 1.00 bits per heavy atom. The lowest BCUT2D eigenvalue weighted by Crippen LogP contribution is -2.28. The van der Waals surface area contributed by atoms with Crippen LogP contribution in [0.4, 0.5) is 0 Å². The molecule has 0 spiro atoms. The Morgan fingerprint density at radius 2 is 1.60 bits per heavy atom. The van der Waals surface area contributed by atoms with Crippen molar-refractivity contribution in [1.29, 1.82) is 0 Å². The van der Waals surface area contributed by atoms with Gasteiger partial charge in [0.15, 0.2) is 6.10 Å². The maximum absolute atomic E-state index is 12.0. The van der Waals surface area contributed by atoms with E-state index in [2.05, 4.69) is 0 Å². The largest absolute Gasteiger partial charge is 0.479 e. The first-order valence-corrected chi connectivity index (χ1v) is 6.72. The van der Waals surface area contributed by atoms with E-state index in [0.29, 0.717) is 12.2 Å². The number of hydrogen-bond acceptors (Lipinski definition) is 3. The molecule has 0 heterocycles. The summed E-state index contributed by atoms with van der Waals surface area (Å²) in [5, 5.41) is 0. The molecule has 0 fully saturated rings. The molecule has 20 heavy (non-hydrogen) atoms. The Balaban J connectivity index is 1.89. The van der Waals surface area contributed by atoms with Gasteiger partial charge in [0.1, 0.15) is 12.4 Å². The normalized spacial score (nSPS) is 11.7. The van der Waals surface area contributed by atoms with E-state index in [1.807, 2.05) is 67.6 Å². The molecule has 0 N–H and O–H groups in total.